The van der Waals surface area contributed by atoms with Gasteiger partial charge < -0.3 is 10.2 Å². The van der Waals surface area contributed by atoms with Crippen molar-refractivity contribution in [2.45, 2.75) is 12.8 Å². The number of halogens is 2. The average molecular weight is 274 g/mol. The Hall–Kier alpha value is -0.770. The summed E-state index contributed by atoms with van der Waals surface area (Å²) < 4.78 is 0. The van der Waals surface area contributed by atoms with Crippen molar-refractivity contribution in [3.63, 3.8) is 0 Å². The Morgan fingerprint density at radius 2 is 1.94 bits per heavy atom. The van der Waals surface area contributed by atoms with E-state index in [1.165, 1.54) is 17.7 Å². The van der Waals surface area contributed by atoms with Crippen molar-refractivity contribution in [1.29, 1.82) is 0 Å². The number of hydrogen-bond donors (Lipinski definition) is 2. The molecule has 1 aromatic carbocycles. The zero-order valence-corrected chi connectivity index (χ0v) is 10.9. The number of carbonyl (C=O) groups is 1. The molecule has 1 aliphatic heterocycles. The number of rotatable bonds is 3. The standard InChI is InChI=1S/C12H14Cl2N2O/c13-10-4-3-9(7-11(10)14)15-12(17)8-16-5-1-2-6-16/h3-4,7H,1-2,5-6,8H2,(H,15,17)/p+1. The molecule has 0 atom stereocenters. The van der Waals surface area contributed by atoms with Gasteiger partial charge in [0.2, 0.25) is 0 Å². The molecule has 92 valence electrons. The fourth-order valence-corrected chi connectivity index (χ4v) is 2.36. The van der Waals surface area contributed by atoms with Crippen molar-refractivity contribution >= 4 is 34.8 Å². The molecule has 1 saturated heterocycles. The van der Waals surface area contributed by atoms with E-state index >= 15 is 0 Å². The van der Waals surface area contributed by atoms with Crippen LogP contribution in [-0.2, 0) is 4.79 Å². The summed E-state index contributed by atoms with van der Waals surface area (Å²) in [6.07, 6.45) is 2.44. The van der Waals surface area contributed by atoms with Gasteiger partial charge in [0.15, 0.2) is 6.54 Å². The van der Waals surface area contributed by atoms with Crippen LogP contribution in [0.15, 0.2) is 18.2 Å². The number of carbonyl (C=O) groups excluding carboxylic acids is 1. The highest BCUT2D eigenvalue weighted by atomic mass is 35.5. The van der Waals surface area contributed by atoms with Crippen molar-refractivity contribution in [3.8, 4) is 0 Å². The molecule has 0 bridgehead atoms. The highest BCUT2D eigenvalue weighted by Gasteiger charge is 2.18. The highest BCUT2D eigenvalue weighted by molar-refractivity contribution is 6.42. The predicted molar refractivity (Wildman–Crippen MR) is 69.9 cm³/mol. The van der Waals surface area contributed by atoms with Crippen LogP contribution in [0.4, 0.5) is 5.69 Å². The molecule has 2 N–H and O–H groups in total. The molecule has 3 nitrogen and oxygen atoms in total. The summed E-state index contributed by atoms with van der Waals surface area (Å²) in [7, 11) is 0. The number of amides is 1. The Bertz CT molecular complexity index is 417. The Labute approximate surface area is 111 Å². The fourth-order valence-electron chi connectivity index (χ4n) is 2.06. The lowest BCUT2D eigenvalue weighted by Crippen LogP contribution is -3.11. The maximum absolute atomic E-state index is 11.8. The van der Waals surface area contributed by atoms with Crippen LogP contribution >= 0.6 is 23.2 Å². The molecule has 0 radical (unpaired) electrons. The van der Waals surface area contributed by atoms with E-state index in [0.29, 0.717) is 22.3 Å². The van der Waals surface area contributed by atoms with Gasteiger partial charge in [0.25, 0.3) is 5.91 Å². The van der Waals surface area contributed by atoms with Gasteiger partial charge in [-0.05, 0) is 18.2 Å². The summed E-state index contributed by atoms with van der Waals surface area (Å²) in [5.74, 6) is 0.0280. The summed E-state index contributed by atoms with van der Waals surface area (Å²) in [5.41, 5.74) is 0.697. The SMILES string of the molecule is O=C(C[NH+]1CCCC1)Nc1ccc(Cl)c(Cl)c1. The molecule has 0 unspecified atom stereocenters. The van der Waals surface area contributed by atoms with Crippen molar-refractivity contribution in [1.82, 2.24) is 0 Å². The zero-order chi connectivity index (χ0) is 12.3. The quantitative estimate of drug-likeness (QED) is 0.862. The predicted octanol–water partition coefficient (Wildman–Crippen LogP) is 1.61. The largest absolute Gasteiger partial charge is 0.327 e. The molecular formula is C12H15Cl2N2O+. The van der Waals surface area contributed by atoms with Gasteiger partial charge in [-0.15, -0.1) is 0 Å². The van der Waals surface area contributed by atoms with E-state index in [2.05, 4.69) is 5.32 Å². The molecule has 17 heavy (non-hydrogen) atoms. The van der Waals surface area contributed by atoms with E-state index in [1.807, 2.05) is 0 Å². The minimum Gasteiger partial charge on any atom is -0.327 e. The lowest BCUT2D eigenvalue weighted by atomic mass is 10.3. The first-order valence-corrected chi connectivity index (χ1v) is 6.49. The van der Waals surface area contributed by atoms with E-state index in [-0.39, 0.29) is 5.91 Å². The van der Waals surface area contributed by atoms with Crippen LogP contribution in [0.5, 0.6) is 0 Å². The summed E-state index contributed by atoms with van der Waals surface area (Å²) in [5, 5.41) is 3.79. The molecule has 1 amide bonds. The van der Waals surface area contributed by atoms with E-state index in [1.54, 1.807) is 18.2 Å². The number of quaternary nitrogens is 1. The lowest BCUT2D eigenvalue weighted by molar-refractivity contribution is -0.878. The van der Waals surface area contributed by atoms with Crippen molar-refractivity contribution in [2.24, 2.45) is 0 Å². The Morgan fingerprint density at radius 3 is 2.59 bits per heavy atom. The molecule has 1 heterocycles. The van der Waals surface area contributed by atoms with Gasteiger partial charge in [0.05, 0.1) is 23.1 Å². The molecule has 0 spiro atoms. The topological polar surface area (TPSA) is 33.5 Å². The molecule has 2 rings (SSSR count). The first kappa shape index (κ1) is 12.7. The smallest absolute Gasteiger partial charge is 0.279 e. The van der Waals surface area contributed by atoms with Crippen LogP contribution in [0.3, 0.4) is 0 Å². The normalized spacial score (nSPS) is 16.1. The third-order valence-electron chi connectivity index (χ3n) is 2.92. The van der Waals surface area contributed by atoms with Gasteiger partial charge in [-0.1, -0.05) is 23.2 Å². The van der Waals surface area contributed by atoms with Gasteiger partial charge >= 0.3 is 0 Å². The second-order valence-corrected chi connectivity index (χ2v) is 5.13. The van der Waals surface area contributed by atoms with Crippen LogP contribution in [0.25, 0.3) is 0 Å². The second kappa shape index (κ2) is 5.71. The number of likely N-dealkylation sites (tertiary alicyclic amines) is 1. The van der Waals surface area contributed by atoms with Crippen LogP contribution in [-0.4, -0.2) is 25.5 Å². The third-order valence-corrected chi connectivity index (χ3v) is 3.66. The summed E-state index contributed by atoms with van der Waals surface area (Å²) in [6, 6.07) is 5.11. The van der Waals surface area contributed by atoms with Crippen molar-refractivity contribution in [2.75, 3.05) is 25.0 Å². The molecule has 5 heteroatoms. The van der Waals surface area contributed by atoms with Gasteiger partial charge in [-0.25, -0.2) is 0 Å². The summed E-state index contributed by atoms with van der Waals surface area (Å²) in [6.45, 7) is 2.71. The van der Waals surface area contributed by atoms with Crippen molar-refractivity contribution in [3.05, 3.63) is 28.2 Å². The van der Waals surface area contributed by atoms with E-state index in [0.717, 1.165) is 13.1 Å². The lowest BCUT2D eigenvalue weighted by Gasteiger charge is -2.12. The molecule has 0 saturated carbocycles. The number of benzene rings is 1. The summed E-state index contributed by atoms with van der Waals surface area (Å²) in [4.78, 5) is 13.1. The molecule has 1 fully saturated rings. The molecule has 0 aromatic heterocycles. The van der Waals surface area contributed by atoms with E-state index in [9.17, 15) is 4.79 Å². The van der Waals surface area contributed by atoms with E-state index < -0.39 is 0 Å². The first-order valence-electron chi connectivity index (χ1n) is 5.73. The Morgan fingerprint density at radius 1 is 1.24 bits per heavy atom. The Kier molecular flexibility index (Phi) is 4.26. The van der Waals surface area contributed by atoms with Crippen LogP contribution < -0.4 is 10.2 Å². The minimum absolute atomic E-state index is 0.0280. The second-order valence-electron chi connectivity index (χ2n) is 4.31. The molecule has 1 aromatic rings. The number of hydrogen-bond acceptors (Lipinski definition) is 1. The van der Waals surface area contributed by atoms with Crippen LogP contribution in [0.2, 0.25) is 10.0 Å². The minimum atomic E-state index is 0.0280. The summed E-state index contributed by atoms with van der Waals surface area (Å²) >= 11 is 11.7. The van der Waals surface area contributed by atoms with Gasteiger partial charge in [0.1, 0.15) is 0 Å². The maximum atomic E-state index is 11.8. The van der Waals surface area contributed by atoms with Gasteiger partial charge in [-0.2, -0.15) is 0 Å². The van der Waals surface area contributed by atoms with Crippen LogP contribution in [0, 0.1) is 0 Å². The molecular weight excluding hydrogens is 259 g/mol. The average Bonchev–Trinajstić information content (AvgIpc) is 2.76. The number of anilines is 1. The van der Waals surface area contributed by atoms with Gasteiger partial charge in [-0.3, -0.25) is 4.79 Å². The first-order chi connectivity index (χ1) is 8.15. The third kappa shape index (κ3) is 3.60. The molecule has 1 aliphatic rings. The monoisotopic (exact) mass is 273 g/mol. The van der Waals surface area contributed by atoms with Gasteiger partial charge in [0, 0.05) is 18.5 Å². The zero-order valence-electron chi connectivity index (χ0n) is 9.43. The highest BCUT2D eigenvalue weighted by Crippen LogP contribution is 2.24. The Balaban J connectivity index is 1.90. The fraction of sp³-hybridized carbons (Fsp3) is 0.417. The van der Waals surface area contributed by atoms with E-state index in [4.69, 9.17) is 23.2 Å². The van der Waals surface area contributed by atoms with Crippen LogP contribution in [0.1, 0.15) is 12.8 Å². The number of nitrogens with one attached hydrogen (secondary N) is 2. The maximum Gasteiger partial charge on any atom is 0.279 e. The molecule has 0 aliphatic carbocycles. The van der Waals surface area contributed by atoms with Crippen molar-refractivity contribution < 1.29 is 9.69 Å².